The first-order valence-electron chi connectivity index (χ1n) is 4.96. The molecule has 0 atom stereocenters. The van der Waals surface area contributed by atoms with Gasteiger partial charge in [0.25, 0.3) is 0 Å². The Labute approximate surface area is 87.0 Å². The van der Waals surface area contributed by atoms with Gasteiger partial charge in [-0.15, -0.1) is 0 Å². The molecule has 0 aliphatic heterocycles. The highest BCUT2D eigenvalue weighted by atomic mass is 15.3. The molecule has 0 spiro atoms. The van der Waals surface area contributed by atoms with Gasteiger partial charge in [0.2, 0.25) is 0 Å². The van der Waals surface area contributed by atoms with Crippen LogP contribution in [0.4, 0.5) is 5.82 Å². The molecule has 1 fully saturated rings. The number of nitrogen functional groups attached to an aromatic ring is 1. The Kier molecular flexibility index (Phi) is 1.71. The van der Waals surface area contributed by atoms with E-state index < -0.39 is 0 Å². The van der Waals surface area contributed by atoms with Crippen LogP contribution in [0.2, 0.25) is 0 Å². The van der Waals surface area contributed by atoms with Crippen LogP contribution >= 0.6 is 0 Å². The summed E-state index contributed by atoms with van der Waals surface area (Å²) in [4.78, 5) is 8.32. The van der Waals surface area contributed by atoms with Crippen molar-refractivity contribution >= 4 is 5.82 Å². The molecular formula is C10H11N5. The van der Waals surface area contributed by atoms with E-state index in [1.807, 2.05) is 4.68 Å². The average Bonchev–Trinajstić information content (AvgIpc) is 3.04. The molecule has 1 aliphatic rings. The lowest BCUT2D eigenvalue weighted by molar-refractivity contribution is 0.651. The van der Waals surface area contributed by atoms with Gasteiger partial charge in [-0.3, -0.25) is 0 Å². The summed E-state index contributed by atoms with van der Waals surface area (Å²) in [7, 11) is 0. The van der Waals surface area contributed by atoms with Gasteiger partial charge in [0.15, 0.2) is 5.82 Å². The summed E-state index contributed by atoms with van der Waals surface area (Å²) in [5.74, 6) is 1.31. The van der Waals surface area contributed by atoms with Gasteiger partial charge in [-0.25, -0.2) is 14.6 Å². The van der Waals surface area contributed by atoms with Crippen LogP contribution in [0.15, 0.2) is 24.7 Å². The topological polar surface area (TPSA) is 69.6 Å². The van der Waals surface area contributed by atoms with E-state index in [1.54, 1.807) is 24.7 Å². The molecule has 3 rings (SSSR count). The molecule has 0 aromatic carbocycles. The number of hydrogen-bond acceptors (Lipinski definition) is 4. The van der Waals surface area contributed by atoms with Crippen LogP contribution in [0, 0.1) is 0 Å². The monoisotopic (exact) mass is 201 g/mol. The summed E-state index contributed by atoms with van der Waals surface area (Å²) >= 11 is 0. The minimum Gasteiger partial charge on any atom is -0.383 e. The number of hydrogen-bond donors (Lipinski definition) is 1. The summed E-state index contributed by atoms with van der Waals surface area (Å²) < 4.78 is 1.87. The molecule has 1 saturated carbocycles. The number of nitrogens with two attached hydrogens (primary N) is 1. The molecule has 5 nitrogen and oxygen atoms in total. The molecule has 2 aromatic heterocycles. The van der Waals surface area contributed by atoms with Crippen molar-refractivity contribution in [1.82, 2.24) is 19.7 Å². The second-order valence-corrected chi connectivity index (χ2v) is 3.69. The minimum absolute atomic E-state index is 0.488. The third kappa shape index (κ3) is 1.36. The SMILES string of the molecule is Nc1c(-c2ncccn2)cnn1C1CC1. The van der Waals surface area contributed by atoms with Crippen LogP contribution in [-0.4, -0.2) is 19.7 Å². The molecule has 15 heavy (non-hydrogen) atoms. The number of rotatable bonds is 2. The summed E-state index contributed by atoms with van der Waals surface area (Å²) in [6.45, 7) is 0. The Morgan fingerprint density at radius 3 is 2.67 bits per heavy atom. The maximum absolute atomic E-state index is 6.00. The fourth-order valence-corrected chi connectivity index (χ4v) is 1.59. The van der Waals surface area contributed by atoms with Gasteiger partial charge in [-0.05, 0) is 18.9 Å². The second-order valence-electron chi connectivity index (χ2n) is 3.69. The van der Waals surface area contributed by atoms with Crippen molar-refractivity contribution in [2.75, 3.05) is 5.73 Å². The van der Waals surface area contributed by atoms with E-state index in [4.69, 9.17) is 5.73 Å². The van der Waals surface area contributed by atoms with Crippen molar-refractivity contribution < 1.29 is 0 Å². The Morgan fingerprint density at radius 2 is 2.00 bits per heavy atom. The molecular weight excluding hydrogens is 190 g/mol. The van der Waals surface area contributed by atoms with Crippen LogP contribution in [0.25, 0.3) is 11.4 Å². The van der Waals surface area contributed by atoms with Crippen molar-refractivity contribution in [2.45, 2.75) is 18.9 Å². The van der Waals surface area contributed by atoms with E-state index in [9.17, 15) is 0 Å². The summed E-state index contributed by atoms with van der Waals surface area (Å²) in [5, 5.41) is 4.27. The zero-order chi connectivity index (χ0) is 10.3. The van der Waals surface area contributed by atoms with Crippen molar-refractivity contribution in [3.63, 3.8) is 0 Å². The van der Waals surface area contributed by atoms with E-state index in [2.05, 4.69) is 15.1 Å². The fraction of sp³-hybridized carbons (Fsp3) is 0.300. The molecule has 0 radical (unpaired) electrons. The van der Waals surface area contributed by atoms with Gasteiger partial charge in [0, 0.05) is 12.4 Å². The van der Waals surface area contributed by atoms with Crippen LogP contribution < -0.4 is 5.73 Å². The minimum atomic E-state index is 0.488. The fourth-order valence-electron chi connectivity index (χ4n) is 1.59. The molecule has 2 aromatic rings. The average molecular weight is 201 g/mol. The molecule has 76 valence electrons. The van der Waals surface area contributed by atoms with Gasteiger partial charge >= 0.3 is 0 Å². The predicted octanol–water partition coefficient (Wildman–Crippen LogP) is 1.26. The Bertz CT molecular complexity index is 472. The smallest absolute Gasteiger partial charge is 0.164 e. The summed E-state index contributed by atoms with van der Waals surface area (Å²) in [5.41, 5.74) is 6.82. The highest BCUT2D eigenvalue weighted by Gasteiger charge is 2.27. The van der Waals surface area contributed by atoms with E-state index in [-0.39, 0.29) is 0 Å². The number of aromatic nitrogens is 4. The Morgan fingerprint density at radius 1 is 1.27 bits per heavy atom. The van der Waals surface area contributed by atoms with Gasteiger partial charge in [-0.2, -0.15) is 5.10 Å². The normalized spacial score (nSPS) is 15.5. The number of nitrogens with zero attached hydrogens (tertiary/aromatic N) is 4. The van der Waals surface area contributed by atoms with Crippen molar-refractivity contribution in [3.8, 4) is 11.4 Å². The zero-order valence-electron chi connectivity index (χ0n) is 8.17. The van der Waals surface area contributed by atoms with Crippen LogP contribution in [0.3, 0.4) is 0 Å². The molecule has 2 heterocycles. The lowest BCUT2D eigenvalue weighted by Gasteiger charge is -2.01. The predicted molar refractivity (Wildman–Crippen MR) is 55.9 cm³/mol. The first-order valence-corrected chi connectivity index (χ1v) is 4.96. The molecule has 0 unspecified atom stereocenters. The highest BCUT2D eigenvalue weighted by molar-refractivity contribution is 5.67. The van der Waals surface area contributed by atoms with E-state index in [1.165, 1.54) is 12.8 Å². The highest BCUT2D eigenvalue weighted by Crippen LogP contribution is 2.38. The maximum Gasteiger partial charge on any atom is 0.164 e. The molecule has 1 aliphatic carbocycles. The Balaban J connectivity index is 2.05. The quantitative estimate of drug-likeness (QED) is 0.794. The zero-order valence-corrected chi connectivity index (χ0v) is 8.17. The van der Waals surface area contributed by atoms with Crippen molar-refractivity contribution in [3.05, 3.63) is 24.7 Å². The van der Waals surface area contributed by atoms with Gasteiger partial charge in [0.05, 0.1) is 17.8 Å². The molecule has 5 heteroatoms. The first-order chi connectivity index (χ1) is 7.36. The second kappa shape index (κ2) is 3.05. The van der Waals surface area contributed by atoms with Crippen molar-refractivity contribution in [1.29, 1.82) is 0 Å². The van der Waals surface area contributed by atoms with Crippen molar-refractivity contribution in [2.24, 2.45) is 0 Å². The van der Waals surface area contributed by atoms with Crippen LogP contribution in [-0.2, 0) is 0 Å². The third-order valence-electron chi connectivity index (χ3n) is 2.53. The summed E-state index contributed by atoms with van der Waals surface area (Å²) in [6, 6.07) is 2.27. The maximum atomic E-state index is 6.00. The lowest BCUT2D eigenvalue weighted by Crippen LogP contribution is -2.02. The van der Waals surface area contributed by atoms with E-state index in [0.29, 0.717) is 17.7 Å². The molecule has 0 amide bonds. The molecule has 0 bridgehead atoms. The largest absolute Gasteiger partial charge is 0.383 e. The van der Waals surface area contributed by atoms with Gasteiger partial charge in [0.1, 0.15) is 5.82 Å². The molecule has 2 N–H and O–H groups in total. The third-order valence-corrected chi connectivity index (χ3v) is 2.53. The standard InChI is InChI=1S/C10H11N5/c11-9-8(10-12-4-1-5-13-10)6-14-15(9)7-2-3-7/h1,4-7H,2-3,11H2. The first kappa shape index (κ1) is 8.40. The van der Waals surface area contributed by atoms with E-state index >= 15 is 0 Å². The Hall–Kier alpha value is -1.91. The summed E-state index contributed by atoms with van der Waals surface area (Å²) in [6.07, 6.45) is 7.48. The molecule has 0 saturated heterocycles. The van der Waals surface area contributed by atoms with Gasteiger partial charge in [-0.1, -0.05) is 0 Å². The number of anilines is 1. The van der Waals surface area contributed by atoms with Crippen LogP contribution in [0.5, 0.6) is 0 Å². The van der Waals surface area contributed by atoms with Gasteiger partial charge < -0.3 is 5.73 Å². The van der Waals surface area contributed by atoms with Crippen LogP contribution in [0.1, 0.15) is 18.9 Å². The lowest BCUT2D eigenvalue weighted by atomic mass is 10.3. The van der Waals surface area contributed by atoms with E-state index in [0.717, 1.165) is 5.56 Å².